The summed E-state index contributed by atoms with van der Waals surface area (Å²) in [5.74, 6) is 2.04. The average molecular weight is 470 g/mol. The van der Waals surface area contributed by atoms with Crippen molar-refractivity contribution in [3.63, 3.8) is 0 Å². The number of ether oxygens (including phenoxy) is 1. The monoisotopic (exact) mass is 469 g/mol. The molecule has 0 unspecified atom stereocenters. The zero-order valence-corrected chi connectivity index (χ0v) is 20.8. The summed E-state index contributed by atoms with van der Waals surface area (Å²) < 4.78 is 8.26. The van der Waals surface area contributed by atoms with Gasteiger partial charge in [0.1, 0.15) is 11.6 Å². The highest BCUT2D eigenvalue weighted by Crippen LogP contribution is 2.18. The van der Waals surface area contributed by atoms with Crippen molar-refractivity contribution in [3.8, 4) is 5.75 Å². The molecule has 1 N–H and O–H groups in total. The van der Waals surface area contributed by atoms with E-state index in [1.165, 1.54) is 5.56 Å². The Kier molecular flexibility index (Phi) is 8.55. The number of hydrogen-bond acceptors (Lipinski definition) is 3. The first-order valence-corrected chi connectivity index (χ1v) is 12.6. The quantitative estimate of drug-likeness (QED) is 0.272. The maximum absolute atomic E-state index is 12.4. The molecule has 0 spiro atoms. The normalized spacial score (nSPS) is 11.0. The van der Waals surface area contributed by atoms with Crippen LogP contribution in [0.2, 0.25) is 0 Å². The predicted molar refractivity (Wildman–Crippen MR) is 142 cm³/mol. The fraction of sp³-hybridized carbons (Fsp3) is 0.333. The Bertz CT molecular complexity index is 1240. The number of rotatable bonds is 12. The van der Waals surface area contributed by atoms with Crippen molar-refractivity contribution >= 4 is 16.9 Å². The lowest BCUT2D eigenvalue weighted by atomic mass is 10.1. The molecule has 35 heavy (non-hydrogen) atoms. The summed E-state index contributed by atoms with van der Waals surface area (Å²) in [7, 11) is 0. The second kappa shape index (κ2) is 12.2. The molecule has 182 valence electrons. The van der Waals surface area contributed by atoms with Gasteiger partial charge in [-0.2, -0.15) is 0 Å². The summed E-state index contributed by atoms with van der Waals surface area (Å²) in [6, 6.07) is 24.6. The highest BCUT2D eigenvalue weighted by Gasteiger charge is 2.11. The number of amides is 1. The molecule has 0 radical (unpaired) electrons. The van der Waals surface area contributed by atoms with E-state index < -0.39 is 0 Å². The highest BCUT2D eigenvalue weighted by atomic mass is 16.5. The molecule has 0 saturated heterocycles. The maximum atomic E-state index is 12.4. The van der Waals surface area contributed by atoms with Crippen molar-refractivity contribution in [1.29, 1.82) is 0 Å². The maximum Gasteiger partial charge on any atom is 0.224 e. The van der Waals surface area contributed by atoms with Crippen molar-refractivity contribution in [2.45, 2.75) is 52.5 Å². The van der Waals surface area contributed by atoms with Gasteiger partial charge in [0.05, 0.1) is 24.1 Å². The molecule has 0 aliphatic carbocycles. The number of para-hydroxylation sites is 2. The molecule has 1 heterocycles. The molecular weight excluding hydrogens is 434 g/mol. The van der Waals surface area contributed by atoms with Crippen LogP contribution in [-0.2, 0) is 30.6 Å². The molecule has 0 fully saturated rings. The topological polar surface area (TPSA) is 56.1 Å². The molecule has 1 aromatic heterocycles. The summed E-state index contributed by atoms with van der Waals surface area (Å²) in [4.78, 5) is 17.2. The summed E-state index contributed by atoms with van der Waals surface area (Å²) in [5, 5.41) is 3.06. The van der Waals surface area contributed by atoms with Crippen LogP contribution in [0, 0.1) is 6.92 Å². The van der Waals surface area contributed by atoms with E-state index in [4.69, 9.17) is 9.72 Å². The van der Waals surface area contributed by atoms with Crippen LogP contribution in [0.3, 0.4) is 0 Å². The van der Waals surface area contributed by atoms with E-state index >= 15 is 0 Å². The van der Waals surface area contributed by atoms with Crippen LogP contribution >= 0.6 is 0 Å². The molecule has 0 atom stereocenters. The number of hydrogen-bond donors (Lipinski definition) is 1. The van der Waals surface area contributed by atoms with Gasteiger partial charge in [-0.05, 0) is 67.1 Å². The van der Waals surface area contributed by atoms with Crippen LogP contribution in [0.4, 0.5) is 0 Å². The SMILES string of the molecule is CCc1ccc(OCCCn2c(CCCNC(=O)Cc3ccccc3C)nc3ccccc32)cc1. The fourth-order valence-corrected chi connectivity index (χ4v) is 4.32. The summed E-state index contributed by atoms with van der Waals surface area (Å²) in [5.41, 5.74) is 5.72. The van der Waals surface area contributed by atoms with Gasteiger partial charge >= 0.3 is 0 Å². The van der Waals surface area contributed by atoms with Crippen molar-refractivity contribution in [2.75, 3.05) is 13.2 Å². The number of benzene rings is 3. The lowest BCUT2D eigenvalue weighted by Gasteiger charge is -2.11. The standard InChI is InChI=1S/C30H35N3O2/c1-3-24-15-17-26(18-16-24)35-21-9-20-33-28-13-7-6-12-27(28)32-29(33)14-8-19-31-30(34)22-25-11-5-4-10-23(25)2/h4-7,10-13,15-18H,3,8-9,14,19-22H2,1-2H3,(H,31,34). The van der Waals surface area contributed by atoms with Crippen molar-refractivity contribution in [2.24, 2.45) is 0 Å². The molecule has 5 nitrogen and oxygen atoms in total. The van der Waals surface area contributed by atoms with Gasteiger partial charge in [-0.15, -0.1) is 0 Å². The minimum Gasteiger partial charge on any atom is -0.494 e. The Morgan fingerprint density at radius 2 is 1.74 bits per heavy atom. The number of carbonyl (C=O) groups is 1. The van der Waals surface area contributed by atoms with Crippen molar-refractivity contribution < 1.29 is 9.53 Å². The van der Waals surface area contributed by atoms with Gasteiger partial charge in [0, 0.05) is 19.5 Å². The zero-order chi connectivity index (χ0) is 24.5. The fourth-order valence-electron chi connectivity index (χ4n) is 4.32. The smallest absolute Gasteiger partial charge is 0.224 e. The minimum atomic E-state index is 0.0666. The molecule has 4 aromatic rings. The van der Waals surface area contributed by atoms with E-state index in [0.29, 0.717) is 19.6 Å². The number of fused-ring (bicyclic) bond motifs is 1. The lowest BCUT2D eigenvalue weighted by Crippen LogP contribution is -2.26. The Hall–Kier alpha value is -3.60. The van der Waals surface area contributed by atoms with Gasteiger partial charge in [0.25, 0.3) is 0 Å². The summed E-state index contributed by atoms with van der Waals surface area (Å²) in [6.45, 7) is 6.35. The molecule has 0 aliphatic heterocycles. The molecule has 3 aromatic carbocycles. The second-order valence-electron chi connectivity index (χ2n) is 8.92. The third kappa shape index (κ3) is 6.72. The molecular formula is C30H35N3O2. The van der Waals surface area contributed by atoms with Gasteiger partial charge in [0.15, 0.2) is 0 Å². The van der Waals surface area contributed by atoms with Crippen molar-refractivity contribution in [3.05, 3.63) is 95.3 Å². The Labute approximate surface area is 208 Å². The van der Waals surface area contributed by atoms with E-state index in [1.54, 1.807) is 0 Å². The molecule has 1 amide bonds. The Balaban J connectivity index is 1.28. The van der Waals surface area contributed by atoms with E-state index in [0.717, 1.165) is 66.0 Å². The number of aryl methyl sites for hydroxylation is 4. The lowest BCUT2D eigenvalue weighted by molar-refractivity contribution is -0.120. The van der Waals surface area contributed by atoms with Gasteiger partial charge in [-0.1, -0.05) is 55.5 Å². The van der Waals surface area contributed by atoms with Gasteiger partial charge in [-0.25, -0.2) is 4.98 Å². The molecule has 5 heteroatoms. The first-order valence-electron chi connectivity index (χ1n) is 12.6. The van der Waals surface area contributed by atoms with Crippen LogP contribution in [-0.4, -0.2) is 28.6 Å². The third-order valence-corrected chi connectivity index (χ3v) is 6.37. The van der Waals surface area contributed by atoms with Gasteiger partial charge < -0.3 is 14.6 Å². The van der Waals surface area contributed by atoms with Crippen LogP contribution in [0.5, 0.6) is 5.75 Å². The van der Waals surface area contributed by atoms with Gasteiger partial charge in [-0.3, -0.25) is 4.79 Å². The van der Waals surface area contributed by atoms with Crippen LogP contribution in [0.1, 0.15) is 42.3 Å². The van der Waals surface area contributed by atoms with E-state index in [-0.39, 0.29) is 5.91 Å². The minimum absolute atomic E-state index is 0.0666. The van der Waals surface area contributed by atoms with Gasteiger partial charge in [0.2, 0.25) is 5.91 Å². The number of nitrogens with one attached hydrogen (secondary N) is 1. The summed E-state index contributed by atoms with van der Waals surface area (Å²) in [6.07, 6.45) is 4.03. The third-order valence-electron chi connectivity index (χ3n) is 6.37. The molecule has 4 rings (SSSR count). The first kappa shape index (κ1) is 24.5. The molecule has 0 aliphatic rings. The zero-order valence-electron chi connectivity index (χ0n) is 20.8. The average Bonchev–Trinajstić information content (AvgIpc) is 3.23. The number of nitrogens with zero attached hydrogens (tertiary/aromatic N) is 2. The number of aromatic nitrogens is 2. The Morgan fingerprint density at radius 1 is 0.971 bits per heavy atom. The number of carbonyl (C=O) groups excluding carboxylic acids is 1. The van der Waals surface area contributed by atoms with E-state index in [1.807, 2.05) is 49.4 Å². The Morgan fingerprint density at radius 3 is 2.54 bits per heavy atom. The second-order valence-corrected chi connectivity index (χ2v) is 8.92. The largest absolute Gasteiger partial charge is 0.494 e. The van der Waals surface area contributed by atoms with E-state index in [2.05, 4.69) is 47.1 Å². The van der Waals surface area contributed by atoms with Crippen LogP contribution in [0.15, 0.2) is 72.8 Å². The number of imidazole rings is 1. The highest BCUT2D eigenvalue weighted by molar-refractivity contribution is 5.79. The van der Waals surface area contributed by atoms with E-state index in [9.17, 15) is 4.79 Å². The van der Waals surface area contributed by atoms with Crippen molar-refractivity contribution in [1.82, 2.24) is 14.9 Å². The predicted octanol–water partition coefficient (Wildman–Crippen LogP) is 5.67. The summed E-state index contributed by atoms with van der Waals surface area (Å²) >= 11 is 0. The van der Waals surface area contributed by atoms with Crippen LogP contribution in [0.25, 0.3) is 11.0 Å². The molecule has 0 saturated carbocycles. The molecule has 0 bridgehead atoms. The van der Waals surface area contributed by atoms with Crippen LogP contribution < -0.4 is 10.1 Å². The first-order chi connectivity index (χ1) is 17.1.